The number of para-hydroxylation sites is 1. The molecule has 0 radical (unpaired) electrons. The number of aromatic nitrogens is 2. The standard InChI is InChI=1S/C19H22N4O2S/c1-13-18-19(23(21-13)15-9-3-2-4-10-15)26-12-17(25)22(18)11-16(24)20-14-7-5-6-8-14/h2-4,9-10,14H,5-8,11-12H2,1H3,(H,20,24). The molecular formula is C19H22N4O2S. The number of hydrogen-bond donors (Lipinski definition) is 1. The van der Waals surface area contributed by atoms with Gasteiger partial charge in [0.1, 0.15) is 11.6 Å². The van der Waals surface area contributed by atoms with Crippen molar-refractivity contribution in [1.82, 2.24) is 15.1 Å². The summed E-state index contributed by atoms with van der Waals surface area (Å²) in [6, 6.07) is 10.1. The van der Waals surface area contributed by atoms with Crippen LogP contribution in [0.4, 0.5) is 5.69 Å². The fraction of sp³-hybridized carbons (Fsp3) is 0.421. The van der Waals surface area contributed by atoms with Crippen LogP contribution < -0.4 is 10.2 Å². The average molecular weight is 370 g/mol. The van der Waals surface area contributed by atoms with Crippen LogP contribution >= 0.6 is 11.8 Å². The van der Waals surface area contributed by atoms with Crippen molar-refractivity contribution in [3.63, 3.8) is 0 Å². The smallest absolute Gasteiger partial charge is 0.240 e. The minimum atomic E-state index is -0.0880. The van der Waals surface area contributed by atoms with Crippen LogP contribution in [-0.4, -0.2) is 39.9 Å². The number of carbonyl (C=O) groups is 2. The van der Waals surface area contributed by atoms with Crippen molar-refractivity contribution in [3.05, 3.63) is 36.0 Å². The molecule has 1 aliphatic carbocycles. The van der Waals surface area contributed by atoms with Crippen LogP contribution in [0.5, 0.6) is 0 Å². The summed E-state index contributed by atoms with van der Waals surface area (Å²) in [7, 11) is 0. The normalized spacial score (nSPS) is 17.4. The number of thioether (sulfide) groups is 1. The third-order valence-corrected chi connectivity index (χ3v) is 5.94. The molecule has 0 spiro atoms. The Labute approximate surface area is 156 Å². The highest BCUT2D eigenvalue weighted by molar-refractivity contribution is 8.00. The van der Waals surface area contributed by atoms with Gasteiger partial charge < -0.3 is 5.32 Å². The fourth-order valence-corrected chi connectivity index (χ4v) is 4.75. The maximum Gasteiger partial charge on any atom is 0.240 e. The molecule has 1 N–H and O–H groups in total. The summed E-state index contributed by atoms with van der Waals surface area (Å²) in [5.74, 6) is 0.191. The number of aryl methyl sites for hydroxylation is 1. The molecule has 7 heteroatoms. The van der Waals surface area contributed by atoms with Gasteiger partial charge in [-0.05, 0) is 31.9 Å². The predicted molar refractivity (Wildman–Crippen MR) is 102 cm³/mol. The predicted octanol–water partition coefficient (Wildman–Crippen LogP) is 2.68. The van der Waals surface area contributed by atoms with Crippen molar-refractivity contribution < 1.29 is 9.59 Å². The van der Waals surface area contributed by atoms with E-state index in [4.69, 9.17) is 0 Å². The maximum atomic E-state index is 12.5. The third-order valence-electron chi connectivity index (χ3n) is 4.91. The van der Waals surface area contributed by atoms with E-state index < -0.39 is 0 Å². The van der Waals surface area contributed by atoms with E-state index in [0.29, 0.717) is 5.75 Å². The van der Waals surface area contributed by atoms with Crippen molar-refractivity contribution >= 4 is 29.3 Å². The molecule has 1 aliphatic heterocycles. The maximum absolute atomic E-state index is 12.5. The van der Waals surface area contributed by atoms with Gasteiger partial charge in [0, 0.05) is 6.04 Å². The van der Waals surface area contributed by atoms with Crippen LogP contribution in [-0.2, 0) is 9.59 Å². The minimum absolute atomic E-state index is 0.0419. The zero-order valence-electron chi connectivity index (χ0n) is 14.8. The van der Waals surface area contributed by atoms with Gasteiger partial charge in [0.05, 0.1) is 22.8 Å². The van der Waals surface area contributed by atoms with Gasteiger partial charge in [-0.25, -0.2) is 4.68 Å². The third kappa shape index (κ3) is 3.23. The molecule has 0 saturated heterocycles. The van der Waals surface area contributed by atoms with Crippen molar-refractivity contribution in [1.29, 1.82) is 0 Å². The number of fused-ring (bicyclic) bond motifs is 1. The molecule has 1 aromatic carbocycles. The molecule has 26 heavy (non-hydrogen) atoms. The van der Waals surface area contributed by atoms with E-state index >= 15 is 0 Å². The summed E-state index contributed by atoms with van der Waals surface area (Å²) in [4.78, 5) is 26.6. The summed E-state index contributed by atoms with van der Waals surface area (Å²) in [5.41, 5.74) is 2.48. The lowest BCUT2D eigenvalue weighted by molar-refractivity contribution is -0.123. The fourth-order valence-electron chi connectivity index (χ4n) is 3.67. The Balaban J connectivity index is 1.61. The van der Waals surface area contributed by atoms with Crippen molar-refractivity contribution in [2.75, 3.05) is 17.2 Å². The Morgan fingerprint density at radius 1 is 1.27 bits per heavy atom. The SMILES string of the molecule is Cc1nn(-c2ccccc2)c2c1N(CC(=O)NC1CCCC1)C(=O)CS2. The highest BCUT2D eigenvalue weighted by Gasteiger charge is 2.33. The van der Waals surface area contributed by atoms with E-state index in [0.717, 1.165) is 47.8 Å². The van der Waals surface area contributed by atoms with E-state index in [1.165, 1.54) is 11.8 Å². The molecule has 136 valence electrons. The highest BCUT2D eigenvalue weighted by Crippen LogP contribution is 2.39. The minimum Gasteiger partial charge on any atom is -0.352 e. The number of anilines is 1. The number of hydrogen-bond acceptors (Lipinski definition) is 4. The quantitative estimate of drug-likeness (QED) is 0.899. The van der Waals surface area contributed by atoms with Crippen LogP contribution in [0.3, 0.4) is 0 Å². The monoisotopic (exact) mass is 370 g/mol. The van der Waals surface area contributed by atoms with Gasteiger partial charge in [-0.1, -0.05) is 42.8 Å². The zero-order chi connectivity index (χ0) is 18.1. The Morgan fingerprint density at radius 3 is 2.73 bits per heavy atom. The van der Waals surface area contributed by atoms with Crippen molar-refractivity contribution in [2.24, 2.45) is 0 Å². The van der Waals surface area contributed by atoms with Gasteiger partial charge in [-0.15, -0.1) is 0 Å². The van der Waals surface area contributed by atoms with Crippen LogP contribution in [0, 0.1) is 6.92 Å². The second-order valence-electron chi connectivity index (χ2n) is 6.80. The Morgan fingerprint density at radius 2 is 2.00 bits per heavy atom. The summed E-state index contributed by atoms with van der Waals surface area (Å²) in [6.07, 6.45) is 4.40. The number of rotatable bonds is 4. The van der Waals surface area contributed by atoms with Gasteiger partial charge in [0.25, 0.3) is 0 Å². The number of amides is 2. The first kappa shape index (κ1) is 17.1. The van der Waals surface area contributed by atoms with Gasteiger partial charge in [-0.3, -0.25) is 14.5 Å². The molecule has 1 saturated carbocycles. The molecule has 0 unspecified atom stereocenters. The van der Waals surface area contributed by atoms with E-state index in [2.05, 4.69) is 10.4 Å². The summed E-state index contributed by atoms with van der Waals surface area (Å²) < 4.78 is 1.86. The molecule has 1 aromatic heterocycles. The van der Waals surface area contributed by atoms with Crippen LogP contribution in [0.25, 0.3) is 5.69 Å². The number of benzene rings is 1. The second kappa shape index (κ2) is 7.15. The second-order valence-corrected chi connectivity index (χ2v) is 7.77. The first-order valence-corrected chi connectivity index (χ1v) is 9.99. The summed E-state index contributed by atoms with van der Waals surface area (Å²) in [5, 5.41) is 8.62. The van der Waals surface area contributed by atoms with Gasteiger partial charge in [-0.2, -0.15) is 5.10 Å². The Hall–Kier alpha value is -2.28. The molecule has 0 atom stereocenters. The van der Waals surface area contributed by atoms with E-state index in [1.807, 2.05) is 41.9 Å². The van der Waals surface area contributed by atoms with Crippen molar-refractivity contribution in [2.45, 2.75) is 43.7 Å². The van der Waals surface area contributed by atoms with Crippen LogP contribution in [0.1, 0.15) is 31.4 Å². The van der Waals surface area contributed by atoms with Crippen LogP contribution in [0.15, 0.2) is 35.4 Å². The summed E-state index contributed by atoms with van der Waals surface area (Å²) in [6.45, 7) is 1.95. The number of nitrogens with one attached hydrogen (secondary N) is 1. The topological polar surface area (TPSA) is 67.2 Å². The van der Waals surface area contributed by atoms with E-state index in [1.54, 1.807) is 4.90 Å². The van der Waals surface area contributed by atoms with Gasteiger partial charge in [0.2, 0.25) is 11.8 Å². The molecule has 6 nitrogen and oxygen atoms in total. The summed E-state index contributed by atoms with van der Waals surface area (Å²) >= 11 is 1.48. The molecule has 4 rings (SSSR count). The van der Waals surface area contributed by atoms with Crippen LogP contribution in [0.2, 0.25) is 0 Å². The first-order valence-electron chi connectivity index (χ1n) is 9.01. The molecule has 2 heterocycles. The molecule has 0 bridgehead atoms. The number of carbonyl (C=O) groups excluding carboxylic acids is 2. The lowest BCUT2D eigenvalue weighted by atomic mass is 10.2. The average Bonchev–Trinajstić information content (AvgIpc) is 3.26. The Kier molecular flexibility index (Phi) is 4.72. The molecule has 2 amide bonds. The Bertz CT molecular complexity index is 828. The lowest BCUT2D eigenvalue weighted by Gasteiger charge is -2.27. The lowest BCUT2D eigenvalue weighted by Crippen LogP contribution is -2.45. The van der Waals surface area contributed by atoms with E-state index in [9.17, 15) is 9.59 Å². The largest absolute Gasteiger partial charge is 0.352 e. The van der Waals surface area contributed by atoms with E-state index in [-0.39, 0.29) is 24.4 Å². The van der Waals surface area contributed by atoms with Gasteiger partial charge in [0.15, 0.2) is 0 Å². The number of nitrogens with zero attached hydrogens (tertiary/aromatic N) is 3. The first-order chi connectivity index (χ1) is 12.6. The zero-order valence-corrected chi connectivity index (χ0v) is 15.6. The van der Waals surface area contributed by atoms with Crippen molar-refractivity contribution in [3.8, 4) is 5.69 Å². The molecule has 2 aromatic rings. The highest BCUT2D eigenvalue weighted by atomic mass is 32.2. The van der Waals surface area contributed by atoms with Gasteiger partial charge >= 0.3 is 0 Å². The molecule has 1 fully saturated rings. The molecule has 2 aliphatic rings. The molecular weight excluding hydrogens is 348 g/mol.